The number of allylic oxidation sites excluding steroid dienone is 3. The number of nitrogens with zero attached hydrogens (tertiary/aromatic N) is 8. The Kier molecular flexibility index (Phi) is 13.4. The predicted octanol–water partition coefficient (Wildman–Crippen LogP) is 7.53. The minimum absolute atomic E-state index is 0.243. The van der Waals surface area contributed by atoms with Crippen molar-refractivity contribution in [1.29, 1.82) is 0 Å². The predicted molar refractivity (Wildman–Crippen MR) is 259 cm³/mol. The van der Waals surface area contributed by atoms with Gasteiger partial charge in [-0.05, 0) is 106 Å². The quantitative estimate of drug-likeness (QED) is 0.133. The van der Waals surface area contributed by atoms with Gasteiger partial charge in [0.1, 0.15) is 36.2 Å². The van der Waals surface area contributed by atoms with Crippen LogP contribution in [0, 0.1) is 27.7 Å². The van der Waals surface area contributed by atoms with E-state index >= 15 is 8.63 Å². The fourth-order valence-corrected chi connectivity index (χ4v) is 9.84. The summed E-state index contributed by atoms with van der Waals surface area (Å²) >= 11 is 0. The van der Waals surface area contributed by atoms with E-state index in [-0.39, 0.29) is 5.84 Å². The number of rotatable bonds is 3. The van der Waals surface area contributed by atoms with E-state index in [0.717, 1.165) is 66.4 Å². The fourth-order valence-electron chi connectivity index (χ4n) is 9.84. The summed E-state index contributed by atoms with van der Waals surface area (Å²) < 4.78 is 74.9. The molecule has 67 heavy (non-hydrogen) atoms. The number of methoxy groups -OCH3 is 1. The molecule has 4 aliphatic heterocycles. The highest BCUT2D eigenvalue weighted by atomic mass is 19.2. The molecule has 0 amide bonds. The standard InChI is InChI=1S/C50H61BF2N8O6/c1-34-8-11-43-46(28-34)66-24-18-58(19-25-67-47-29-35(2)9-12-44(47)57-15-21-63-20-14-56(43)16-22-64-26-27-65-23-17-57)42-13-10-40(32-45(42)62-7)41-33-59(55-54-41)48-31-37(4)50-39(6)49-36(3)30-38(5)60(49)51(52,53)61(48)50/h8-13,28-33H,14-27H2,1-7H3. The molecule has 354 valence electrons. The smallest absolute Gasteiger partial charge is 0.495 e. The Morgan fingerprint density at radius 3 is 1.76 bits per heavy atom. The summed E-state index contributed by atoms with van der Waals surface area (Å²) in [5.74, 6) is 2.41. The molecule has 2 bridgehead atoms. The van der Waals surface area contributed by atoms with E-state index < -0.39 is 6.97 Å². The molecule has 0 radical (unpaired) electrons. The molecule has 0 unspecified atom stereocenters. The molecule has 0 saturated carbocycles. The Morgan fingerprint density at radius 1 is 0.642 bits per heavy atom. The van der Waals surface area contributed by atoms with E-state index in [4.69, 9.17) is 28.4 Å². The summed E-state index contributed by atoms with van der Waals surface area (Å²) in [6.07, 6.45) is 3.45. The first kappa shape index (κ1) is 46.0. The first-order valence-electron chi connectivity index (χ1n) is 23.3. The van der Waals surface area contributed by atoms with Crippen molar-refractivity contribution in [3.63, 3.8) is 0 Å². The van der Waals surface area contributed by atoms with Gasteiger partial charge < -0.3 is 60.7 Å². The number of hydrogen-bond acceptors (Lipinski definition) is 11. The van der Waals surface area contributed by atoms with Gasteiger partial charge in [0.15, 0.2) is 6.20 Å². The van der Waals surface area contributed by atoms with Crippen molar-refractivity contribution in [3.8, 4) is 28.5 Å². The lowest BCUT2D eigenvalue weighted by Crippen LogP contribution is -2.52. The zero-order valence-electron chi connectivity index (χ0n) is 39.7. The molecule has 0 atom stereocenters. The number of ether oxygens (including phenoxy) is 6. The summed E-state index contributed by atoms with van der Waals surface area (Å²) in [5.41, 5.74) is 10.1. The summed E-state index contributed by atoms with van der Waals surface area (Å²) in [4.78, 5) is 6.75. The van der Waals surface area contributed by atoms with Crippen LogP contribution in [-0.4, -0.2) is 136 Å². The summed E-state index contributed by atoms with van der Waals surface area (Å²) in [7, 11) is 1.64. The highest BCUT2D eigenvalue weighted by Gasteiger charge is 2.51. The lowest BCUT2D eigenvalue weighted by Gasteiger charge is -2.36. The van der Waals surface area contributed by atoms with Gasteiger partial charge in [-0.15, -0.1) is 5.10 Å². The lowest BCUT2D eigenvalue weighted by molar-refractivity contribution is -0.366. The van der Waals surface area contributed by atoms with Crippen molar-refractivity contribution < 1.29 is 41.5 Å². The molecular weight excluding hydrogens is 857 g/mol. The van der Waals surface area contributed by atoms with E-state index in [0.29, 0.717) is 121 Å². The van der Waals surface area contributed by atoms with Crippen LogP contribution in [0.4, 0.5) is 25.7 Å². The van der Waals surface area contributed by atoms with E-state index in [1.165, 1.54) is 9.16 Å². The van der Waals surface area contributed by atoms with Gasteiger partial charge in [-0.2, -0.15) is 0 Å². The summed E-state index contributed by atoms with van der Waals surface area (Å²) in [6.45, 7) is 14.8. The lowest BCUT2D eigenvalue weighted by atomic mass is 9.87. The Morgan fingerprint density at radius 2 is 1.18 bits per heavy atom. The van der Waals surface area contributed by atoms with Crippen LogP contribution in [0.5, 0.6) is 17.2 Å². The minimum Gasteiger partial charge on any atom is -0.495 e. The Hall–Kier alpha value is -6.17. The second-order valence-corrected chi connectivity index (χ2v) is 17.7. The van der Waals surface area contributed by atoms with Crippen LogP contribution < -0.4 is 28.9 Å². The number of hydrogen-bond donors (Lipinski definition) is 0. The molecule has 1 saturated heterocycles. The van der Waals surface area contributed by atoms with Crippen LogP contribution in [0.15, 0.2) is 84.2 Å². The zero-order chi connectivity index (χ0) is 46.8. The summed E-state index contributed by atoms with van der Waals surface area (Å²) in [5, 5.41) is 8.91. The largest absolute Gasteiger partial charge is 0.639 e. The maximum absolute atomic E-state index is 16.7. The highest BCUT2D eigenvalue weighted by molar-refractivity contribution is 6.58. The zero-order valence-corrected chi connectivity index (χ0v) is 39.7. The van der Waals surface area contributed by atoms with Crippen molar-refractivity contribution in [1.82, 2.24) is 19.5 Å². The molecule has 3 aromatic carbocycles. The number of halogens is 2. The van der Waals surface area contributed by atoms with Crippen LogP contribution in [-0.2, 0) is 14.2 Å². The van der Waals surface area contributed by atoms with Gasteiger partial charge in [-0.3, -0.25) is 0 Å². The molecule has 6 heterocycles. The minimum atomic E-state index is -4.22. The molecule has 0 spiro atoms. The maximum Gasteiger partial charge on any atom is 0.639 e. The molecule has 1 fully saturated rings. The normalized spacial score (nSPS) is 18.6. The van der Waals surface area contributed by atoms with Gasteiger partial charge in [0.05, 0.1) is 82.6 Å². The van der Waals surface area contributed by atoms with Gasteiger partial charge in [0, 0.05) is 59.9 Å². The Bertz CT molecular complexity index is 2660. The van der Waals surface area contributed by atoms with E-state index in [1.807, 2.05) is 45.0 Å². The van der Waals surface area contributed by atoms with Crippen molar-refractivity contribution in [3.05, 3.63) is 112 Å². The number of aryl methyl sites for hydroxylation is 4. The average molecular weight is 919 g/mol. The summed E-state index contributed by atoms with van der Waals surface area (Å²) in [6, 6.07) is 20.3. The van der Waals surface area contributed by atoms with E-state index in [1.54, 1.807) is 26.3 Å². The van der Waals surface area contributed by atoms with Crippen molar-refractivity contribution >= 4 is 35.4 Å². The average Bonchev–Trinajstić information content (AvgIpc) is 4.02. The number of fused-ring (bicyclic) bond motifs is 12. The van der Waals surface area contributed by atoms with Crippen LogP contribution in [0.25, 0.3) is 16.8 Å². The van der Waals surface area contributed by atoms with E-state index in [9.17, 15) is 0 Å². The molecule has 2 aromatic heterocycles. The van der Waals surface area contributed by atoms with E-state index in [2.05, 4.69) is 75.3 Å². The highest BCUT2D eigenvalue weighted by Crippen LogP contribution is 2.42. The van der Waals surface area contributed by atoms with Crippen molar-refractivity contribution in [2.75, 3.05) is 114 Å². The second-order valence-electron chi connectivity index (χ2n) is 17.7. The third kappa shape index (κ3) is 9.28. The van der Waals surface area contributed by atoms with Gasteiger partial charge in [-0.1, -0.05) is 22.9 Å². The third-order valence-corrected chi connectivity index (χ3v) is 13.0. The molecular formula is C50H61BF2N8O6. The molecule has 0 aliphatic carbocycles. The van der Waals surface area contributed by atoms with Gasteiger partial charge in [0.2, 0.25) is 0 Å². The number of aromatic nitrogens is 4. The van der Waals surface area contributed by atoms with Crippen molar-refractivity contribution in [2.24, 2.45) is 0 Å². The molecule has 17 heteroatoms. The molecule has 9 rings (SSSR count). The van der Waals surface area contributed by atoms with Gasteiger partial charge in [-0.25, -0.2) is 0 Å². The first-order valence-corrected chi connectivity index (χ1v) is 23.3. The third-order valence-electron chi connectivity index (χ3n) is 13.0. The van der Waals surface area contributed by atoms with Gasteiger partial charge >= 0.3 is 6.97 Å². The maximum atomic E-state index is 16.7. The van der Waals surface area contributed by atoms with Crippen LogP contribution in [0.2, 0.25) is 0 Å². The molecule has 5 aromatic rings. The van der Waals surface area contributed by atoms with Crippen LogP contribution in [0.3, 0.4) is 0 Å². The molecule has 4 aliphatic rings. The number of anilines is 3. The molecule has 14 nitrogen and oxygen atoms in total. The van der Waals surface area contributed by atoms with Crippen molar-refractivity contribution in [2.45, 2.75) is 41.5 Å². The van der Waals surface area contributed by atoms with Crippen LogP contribution in [0.1, 0.15) is 41.9 Å². The monoisotopic (exact) mass is 918 g/mol. The Balaban J connectivity index is 1.04. The fraction of sp³-hybridized carbons (Fsp3) is 0.420. The molecule has 0 N–H and O–H groups in total. The SMILES string of the molecule is COc1cc(-c2cn(C3=[N+]4C(=C(C)c5c(C)cc(C)n5[B-]4(F)F)C(C)=C3)nn2)ccc1N1CCOc2cc(C)ccc2N2CCOCCOCCN(CCOCC2)c2ccc(C)cc2OCC1. The second kappa shape index (κ2) is 19.6. The number of benzene rings is 3. The van der Waals surface area contributed by atoms with Gasteiger partial charge in [0.25, 0.3) is 5.84 Å². The topological polar surface area (TPSA) is 104 Å². The Labute approximate surface area is 391 Å². The first-order chi connectivity index (χ1) is 32.4. The van der Waals surface area contributed by atoms with Crippen LogP contribution >= 0.6 is 0 Å².